The molecule has 78 valence electrons. The fourth-order valence-corrected chi connectivity index (χ4v) is 2.30. The molecule has 14 heavy (non-hydrogen) atoms. The number of hydrogen-bond acceptors (Lipinski definition) is 0. The van der Waals surface area contributed by atoms with Gasteiger partial charge in [0, 0.05) is 5.92 Å². The fraction of sp³-hybridized carbons (Fsp3) is 0.714. The van der Waals surface area contributed by atoms with Crippen molar-refractivity contribution in [1.82, 2.24) is 0 Å². The number of hydrogen-bond donors (Lipinski definition) is 0. The molecule has 0 spiro atoms. The average Bonchev–Trinajstić information content (AvgIpc) is 2.20. The van der Waals surface area contributed by atoms with Crippen LogP contribution in [0.4, 0.5) is 0 Å². The van der Waals surface area contributed by atoms with Gasteiger partial charge in [-0.25, -0.2) is 0 Å². The zero-order chi connectivity index (χ0) is 10.4. The van der Waals surface area contributed by atoms with Crippen LogP contribution < -0.4 is 0 Å². The molecule has 1 saturated carbocycles. The predicted octanol–water partition coefficient (Wildman–Crippen LogP) is 4.17. The van der Waals surface area contributed by atoms with Crippen LogP contribution in [0, 0.1) is 24.2 Å². The Labute approximate surface area is 88.8 Å². The Bertz CT molecular complexity index is 219. The highest BCUT2D eigenvalue weighted by atomic mass is 14.2. The first kappa shape index (κ1) is 11.4. The Morgan fingerprint density at radius 3 is 2.50 bits per heavy atom. The van der Waals surface area contributed by atoms with Gasteiger partial charge in [-0.3, -0.25) is 0 Å². The van der Waals surface area contributed by atoms with E-state index < -0.39 is 0 Å². The highest BCUT2D eigenvalue weighted by Gasteiger charge is 2.20. The van der Waals surface area contributed by atoms with E-state index >= 15 is 0 Å². The van der Waals surface area contributed by atoms with Crippen molar-refractivity contribution in [3.8, 4) is 12.3 Å². The minimum absolute atomic E-state index is 0.491. The van der Waals surface area contributed by atoms with E-state index in [-0.39, 0.29) is 0 Å². The first-order valence-corrected chi connectivity index (χ1v) is 5.83. The molecule has 0 aromatic heterocycles. The fourth-order valence-electron chi connectivity index (χ4n) is 2.30. The van der Waals surface area contributed by atoms with E-state index in [1.807, 2.05) is 0 Å². The van der Waals surface area contributed by atoms with Crippen molar-refractivity contribution in [2.45, 2.75) is 52.4 Å². The topological polar surface area (TPSA) is 0 Å². The Morgan fingerprint density at radius 2 is 2.00 bits per heavy atom. The van der Waals surface area contributed by atoms with E-state index in [0.717, 1.165) is 12.3 Å². The summed E-state index contributed by atoms with van der Waals surface area (Å²) in [6, 6.07) is 0. The molecule has 0 N–H and O–H groups in total. The van der Waals surface area contributed by atoms with E-state index in [2.05, 4.69) is 25.8 Å². The van der Waals surface area contributed by atoms with Crippen LogP contribution in [0.1, 0.15) is 52.4 Å². The second kappa shape index (κ2) is 5.91. The van der Waals surface area contributed by atoms with Gasteiger partial charge in [0.15, 0.2) is 0 Å². The van der Waals surface area contributed by atoms with Crippen molar-refractivity contribution in [1.29, 1.82) is 0 Å². The molecule has 0 aromatic carbocycles. The lowest BCUT2D eigenvalue weighted by molar-refractivity contribution is 0.294. The van der Waals surface area contributed by atoms with Crippen LogP contribution in [-0.4, -0.2) is 0 Å². The van der Waals surface area contributed by atoms with E-state index in [4.69, 9.17) is 6.42 Å². The minimum Gasteiger partial charge on any atom is -0.120 e. The van der Waals surface area contributed by atoms with Gasteiger partial charge < -0.3 is 0 Å². The maximum atomic E-state index is 5.61. The van der Waals surface area contributed by atoms with E-state index in [0.29, 0.717) is 5.92 Å². The van der Waals surface area contributed by atoms with Crippen molar-refractivity contribution in [3.63, 3.8) is 0 Å². The lowest BCUT2D eigenvalue weighted by Gasteiger charge is -2.26. The lowest BCUT2D eigenvalue weighted by atomic mass is 9.79. The van der Waals surface area contributed by atoms with Gasteiger partial charge in [-0.2, -0.15) is 0 Å². The quantitative estimate of drug-likeness (QED) is 0.463. The summed E-state index contributed by atoms with van der Waals surface area (Å²) < 4.78 is 0. The zero-order valence-corrected chi connectivity index (χ0v) is 9.55. The smallest absolute Gasteiger partial charge is 0.0263 e. The Hall–Kier alpha value is -0.700. The summed E-state index contributed by atoms with van der Waals surface area (Å²) in [5.41, 5.74) is 1.39. The molecular formula is C14H22. The van der Waals surface area contributed by atoms with Crippen LogP contribution in [0.15, 0.2) is 11.6 Å². The summed E-state index contributed by atoms with van der Waals surface area (Å²) in [4.78, 5) is 0. The maximum Gasteiger partial charge on any atom is 0.0263 e. The summed E-state index contributed by atoms with van der Waals surface area (Å²) in [7, 11) is 0. The number of allylic oxidation sites excluding steroid dienone is 2. The molecule has 1 fully saturated rings. The largest absolute Gasteiger partial charge is 0.120 e. The van der Waals surface area contributed by atoms with Gasteiger partial charge in [-0.1, -0.05) is 30.9 Å². The van der Waals surface area contributed by atoms with Crippen LogP contribution >= 0.6 is 0 Å². The van der Waals surface area contributed by atoms with E-state index in [1.54, 1.807) is 0 Å². The molecule has 1 aliphatic rings. The minimum atomic E-state index is 0.491. The molecule has 0 nitrogen and oxygen atoms in total. The van der Waals surface area contributed by atoms with Gasteiger partial charge in [0.1, 0.15) is 0 Å². The third kappa shape index (κ3) is 3.58. The third-order valence-corrected chi connectivity index (χ3v) is 3.21. The SMILES string of the molecule is C#CC(CC=C(C)C)C1CCCCC1. The first-order chi connectivity index (χ1) is 6.74. The number of rotatable bonds is 3. The Balaban J connectivity index is 2.44. The lowest BCUT2D eigenvalue weighted by Crippen LogP contribution is -2.16. The van der Waals surface area contributed by atoms with E-state index in [1.165, 1.54) is 37.7 Å². The van der Waals surface area contributed by atoms with Gasteiger partial charge in [0.2, 0.25) is 0 Å². The molecule has 0 saturated heterocycles. The van der Waals surface area contributed by atoms with Crippen LogP contribution in [0.25, 0.3) is 0 Å². The molecule has 1 rings (SSSR count). The molecule has 0 heteroatoms. The molecule has 1 atom stereocenters. The maximum absolute atomic E-state index is 5.61. The summed E-state index contributed by atoms with van der Waals surface area (Å²) in [5, 5.41) is 0. The predicted molar refractivity (Wildman–Crippen MR) is 62.9 cm³/mol. The summed E-state index contributed by atoms with van der Waals surface area (Å²) >= 11 is 0. The van der Waals surface area contributed by atoms with Crippen molar-refractivity contribution >= 4 is 0 Å². The van der Waals surface area contributed by atoms with Crippen LogP contribution in [0.5, 0.6) is 0 Å². The molecular weight excluding hydrogens is 168 g/mol. The Morgan fingerprint density at radius 1 is 1.36 bits per heavy atom. The van der Waals surface area contributed by atoms with E-state index in [9.17, 15) is 0 Å². The molecule has 0 aromatic rings. The van der Waals surface area contributed by atoms with Crippen molar-refractivity contribution < 1.29 is 0 Å². The Kier molecular flexibility index (Phi) is 4.80. The van der Waals surface area contributed by atoms with Gasteiger partial charge in [0.05, 0.1) is 0 Å². The van der Waals surface area contributed by atoms with Crippen molar-refractivity contribution in [2.75, 3.05) is 0 Å². The molecule has 0 radical (unpaired) electrons. The average molecular weight is 190 g/mol. The zero-order valence-electron chi connectivity index (χ0n) is 9.55. The van der Waals surface area contributed by atoms with Gasteiger partial charge in [0.25, 0.3) is 0 Å². The van der Waals surface area contributed by atoms with Crippen molar-refractivity contribution in [2.24, 2.45) is 11.8 Å². The van der Waals surface area contributed by atoms with Crippen LogP contribution in [-0.2, 0) is 0 Å². The molecule has 0 heterocycles. The molecule has 1 unspecified atom stereocenters. The summed E-state index contributed by atoms with van der Waals surface area (Å²) in [6.45, 7) is 4.29. The number of terminal acetylenes is 1. The summed E-state index contributed by atoms with van der Waals surface area (Å²) in [6.07, 6.45) is 15.9. The van der Waals surface area contributed by atoms with Crippen LogP contribution in [0.2, 0.25) is 0 Å². The van der Waals surface area contributed by atoms with Gasteiger partial charge >= 0.3 is 0 Å². The third-order valence-electron chi connectivity index (χ3n) is 3.21. The molecule has 0 aliphatic heterocycles. The van der Waals surface area contributed by atoms with Gasteiger partial charge in [-0.05, 0) is 39.0 Å². The molecule has 0 bridgehead atoms. The summed E-state index contributed by atoms with van der Waals surface area (Å²) in [5.74, 6) is 4.27. The molecule has 0 amide bonds. The monoisotopic (exact) mass is 190 g/mol. The highest BCUT2D eigenvalue weighted by Crippen LogP contribution is 2.31. The second-order valence-corrected chi connectivity index (χ2v) is 4.69. The normalized spacial score (nSPS) is 19.8. The van der Waals surface area contributed by atoms with Crippen LogP contribution in [0.3, 0.4) is 0 Å². The molecule has 1 aliphatic carbocycles. The highest BCUT2D eigenvalue weighted by molar-refractivity contribution is 5.03. The second-order valence-electron chi connectivity index (χ2n) is 4.69. The standard InChI is InChI=1S/C14H22/c1-4-13(11-10-12(2)3)14-8-6-5-7-9-14/h1,10,13-14H,5-9,11H2,2-3H3. The van der Waals surface area contributed by atoms with Crippen molar-refractivity contribution in [3.05, 3.63) is 11.6 Å². The van der Waals surface area contributed by atoms with Gasteiger partial charge in [-0.15, -0.1) is 12.3 Å². The first-order valence-electron chi connectivity index (χ1n) is 5.83.